The minimum absolute atomic E-state index is 0.0462. The predicted octanol–water partition coefficient (Wildman–Crippen LogP) is 1.59. The smallest absolute Gasteiger partial charge is 0.251 e. The van der Waals surface area contributed by atoms with E-state index in [1.807, 2.05) is 0 Å². The number of aliphatic hydroxyl groups excluding tert-OH is 1. The summed E-state index contributed by atoms with van der Waals surface area (Å²) in [6.45, 7) is 0.875. The van der Waals surface area contributed by atoms with Crippen LogP contribution in [0.2, 0.25) is 0 Å². The SMILES string of the molecule is CNC(=O)c1ccc(N)c(NCC2(CO)CCCC2)c1. The number of amides is 1. The second kappa shape index (κ2) is 6.13. The molecule has 1 aliphatic rings. The van der Waals surface area contributed by atoms with E-state index in [0.717, 1.165) is 31.4 Å². The van der Waals surface area contributed by atoms with Gasteiger partial charge in [-0.1, -0.05) is 12.8 Å². The van der Waals surface area contributed by atoms with Crippen molar-refractivity contribution in [3.63, 3.8) is 0 Å². The molecule has 2 rings (SSSR count). The maximum atomic E-state index is 11.6. The van der Waals surface area contributed by atoms with Crippen molar-refractivity contribution in [3.8, 4) is 0 Å². The highest BCUT2D eigenvalue weighted by atomic mass is 16.3. The third kappa shape index (κ3) is 3.04. The predicted molar refractivity (Wildman–Crippen MR) is 80.7 cm³/mol. The Morgan fingerprint density at radius 3 is 2.70 bits per heavy atom. The molecule has 0 aromatic heterocycles. The fraction of sp³-hybridized carbons (Fsp3) is 0.533. The number of carbonyl (C=O) groups excluding carboxylic acids is 1. The lowest BCUT2D eigenvalue weighted by Gasteiger charge is -2.27. The molecule has 0 unspecified atom stereocenters. The number of carbonyl (C=O) groups is 1. The first-order valence-electron chi connectivity index (χ1n) is 7.06. The van der Waals surface area contributed by atoms with Crippen LogP contribution in [-0.2, 0) is 0 Å². The second-order valence-corrected chi connectivity index (χ2v) is 5.60. The molecule has 1 fully saturated rings. The van der Waals surface area contributed by atoms with Crippen molar-refractivity contribution >= 4 is 17.3 Å². The lowest BCUT2D eigenvalue weighted by atomic mass is 9.87. The van der Waals surface area contributed by atoms with Crippen molar-refractivity contribution in [2.24, 2.45) is 5.41 Å². The topological polar surface area (TPSA) is 87.4 Å². The van der Waals surface area contributed by atoms with Gasteiger partial charge in [-0.15, -0.1) is 0 Å². The maximum Gasteiger partial charge on any atom is 0.251 e. The van der Waals surface area contributed by atoms with Gasteiger partial charge in [0.05, 0.1) is 18.0 Å². The Labute approximate surface area is 119 Å². The first-order valence-corrected chi connectivity index (χ1v) is 7.06. The molecule has 0 heterocycles. The monoisotopic (exact) mass is 277 g/mol. The van der Waals surface area contributed by atoms with Gasteiger partial charge in [0, 0.05) is 24.6 Å². The van der Waals surface area contributed by atoms with Gasteiger partial charge in [-0.25, -0.2) is 0 Å². The number of hydrogen-bond acceptors (Lipinski definition) is 4. The molecule has 1 aromatic rings. The summed E-state index contributed by atoms with van der Waals surface area (Å²) in [5, 5.41) is 15.5. The van der Waals surface area contributed by atoms with E-state index in [2.05, 4.69) is 10.6 Å². The van der Waals surface area contributed by atoms with E-state index in [1.165, 1.54) is 0 Å². The zero-order valence-electron chi connectivity index (χ0n) is 11.9. The maximum absolute atomic E-state index is 11.6. The van der Waals surface area contributed by atoms with Gasteiger partial charge in [-0.05, 0) is 31.0 Å². The number of rotatable bonds is 5. The number of hydrogen-bond donors (Lipinski definition) is 4. The molecule has 5 nitrogen and oxygen atoms in total. The Bertz CT molecular complexity index is 482. The molecule has 1 aliphatic carbocycles. The minimum atomic E-state index is -0.134. The van der Waals surface area contributed by atoms with Crippen molar-refractivity contribution in [1.29, 1.82) is 0 Å². The Morgan fingerprint density at radius 2 is 2.10 bits per heavy atom. The van der Waals surface area contributed by atoms with Gasteiger partial charge in [0.15, 0.2) is 0 Å². The standard InChI is InChI=1S/C15H23N3O2/c1-17-14(20)11-4-5-12(16)13(8-11)18-9-15(10-19)6-2-3-7-15/h4-5,8,18-19H,2-3,6-7,9-10,16H2,1H3,(H,17,20). The number of nitrogens with two attached hydrogens (primary N) is 1. The second-order valence-electron chi connectivity index (χ2n) is 5.60. The van der Waals surface area contributed by atoms with Crippen molar-refractivity contribution in [1.82, 2.24) is 5.32 Å². The summed E-state index contributed by atoms with van der Waals surface area (Å²) in [7, 11) is 1.60. The van der Waals surface area contributed by atoms with Crippen molar-refractivity contribution in [2.75, 3.05) is 31.2 Å². The van der Waals surface area contributed by atoms with Crippen LogP contribution in [0.5, 0.6) is 0 Å². The molecular formula is C15H23N3O2. The van der Waals surface area contributed by atoms with Crippen LogP contribution in [-0.4, -0.2) is 31.2 Å². The fourth-order valence-electron chi connectivity index (χ4n) is 2.79. The van der Waals surface area contributed by atoms with Gasteiger partial charge in [0.1, 0.15) is 0 Å². The van der Waals surface area contributed by atoms with Crippen LogP contribution in [0.15, 0.2) is 18.2 Å². The Morgan fingerprint density at radius 1 is 1.40 bits per heavy atom. The number of nitrogen functional groups attached to an aromatic ring is 1. The average molecular weight is 277 g/mol. The molecule has 1 aromatic carbocycles. The fourth-order valence-corrected chi connectivity index (χ4v) is 2.79. The summed E-state index contributed by atoms with van der Waals surface area (Å²) < 4.78 is 0. The zero-order chi connectivity index (χ0) is 14.6. The van der Waals surface area contributed by atoms with E-state index in [-0.39, 0.29) is 17.9 Å². The van der Waals surface area contributed by atoms with Gasteiger partial charge >= 0.3 is 0 Å². The molecule has 0 radical (unpaired) electrons. The van der Waals surface area contributed by atoms with E-state index in [4.69, 9.17) is 5.73 Å². The van der Waals surface area contributed by atoms with Crippen LogP contribution >= 0.6 is 0 Å². The van der Waals surface area contributed by atoms with E-state index in [1.54, 1.807) is 25.2 Å². The number of nitrogens with one attached hydrogen (secondary N) is 2. The molecule has 1 saturated carbocycles. The van der Waals surface area contributed by atoms with E-state index in [0.29, 0.717) is 17.8 Å². The van der Waals surface area contributed by atoms with Crippen LogP contribution in [0.1, 0.15) is 36.0 Å². The molecular weight excluding hydrogens is 254 g/mol. The molecule has 0 bridgehead atoms. The quantitative estimate of drug-likeness (QED) is 0.616. The number of anilines is 2. The number of aliphatic hydroxyl groups is 1. The van der Waals surface area contributed by atoms with Crippen LogP contribution in [0, 0.1) is 5.41 Å². The molecule has 5 heteroatoms. The first-order chi connectivity index (χ1) is 9.60. The summed E-state index contributed by atoms with van der Waals surface area (Å²) in [4.78, 5) is 11.6. The van der Waals surface area contributed by atoms with Crippen LogP contribution < -0.4 is 16.4 Å². The summed E-state index contributed by atoms with van der Waals surface area (Å²) in [5.41, 5.74) is 7.84. The molecule has 0 spiro atoms. The largest absolute Gasteiger partial charge is 0.397 e. The first kappa shape index (κ1) is 14.7. The highest BCUT2D eigenvalue weighted by molar-refractivity contribution is 5.96. The molecule has 1 amide bonds. The van der Waals surface area contributed by atoms with Crippen molar-refractivity contribution in [2.45, 2.75) is 25.7 Å². The van der Waals surface area contributed by atoms with Gasteiger partial charge in [-0.3, -0.25) is 4.79 Å². The van der Waals surface area contributed by atoms with Crippen molar-refractivity contribution in [3.05, 3.63) is 23.8 Å². The molecule has 20 heavy (non-hydrogen) atoms. The summed E-state index contributed by atoms with van der Waals surface area (Å²) >= 11 is 0. The van der Waals surface area contributed by atoms with Crippen molar-refractivity contribution < 1.29 is 9.90 Å². The Kier molecular flexibility index (Phi) is 4.49. The minimum Gasteiger partial charge on any atom is -0.397 e. The van der Waals surface area contributed by atoms with Gasteiger partial charge in [-0.2, -0.15) is 0 Å². The molecule has 5 N–H and O–H groups in total. The highest BCUT2D eigenvalue weighted by Crippen LogP contribution is 2.38. The third-order valence-corrected chi connectivity index (χ3v) is 4.20. The molecule has 0 atom stereocenters. The van der Waals surface area contributed by atoms with Crippen LogP contribution in [0.25, 0.3) is 0 Å². The molecule has 110 valence electrons. The summed E-state index contributed by atoms with van der Waals surface area (Å²) in [5.74, 6) is -0.134. The van der Waals surface area contributed by atoms with E-state index < -0.39 is 0 Å². The highest BCUT2D eigenvalue weighted by Gasteiger charge is 2.33. The summed E-state index contributed by atoms with van der Waals surface area (Å²) in [6, 6.07) is 5.19. The Hall–Kier alpha value is -1.75. The van der Waals surface area contributed by atoms with E-state index in [9.17, 15) is 9.90 Å². The van der Waals surface area contributed by atoms with Gasteiger partial charge in [0.2, 0.25) is 0 Å². The zero-order valence-corrected chi connectivity index (χ0v) is 11.9. The van der Waals surface area contributed by atoms with E-state index >= 15 is 0 Å². The van der Waals surface area contributed by atoms with Crippen LogP contribution in [0.4, 0.5) is 11.4 Å². The Balaban J connectivity index is 2.10. The normalized spacial score (nSPS) is 16.9. The lowest BCUT2D eigenvalue weighted by Crippen LogP contribution is -2.30. The molecule has 0 aliphatic heterocycles. The van der Waals surface area contributed by atoms with Gasteiger partial charge in [0.25, 0.3) is 5.91 Å². The third-order valence-electron chi connectivity index (χ3n) is 4.20. The number of benzene rings is 1. The van der Waals surface area contributed by atoms with Crippen LogP contribution in [0.3, 0.4) is 0 Å². The average Bonchev–Trinajstić information content (AvgIpc) is 2.95. The summed E-state index contributed by atoms with van der Waals surface area (Å²) in [6.07, 6.45) is 4.39. The molecule has 0 saturated heterocycles. The van der Waals surface area contributed by atoms with Gasteiger partial charge < -0.3 is 21.5 Å². The lowest BCUT2D eigenvalue weighted by molar-refractivity contribution is 0.0963.